The second-order valence-corrected chi connectivity index (χ2v) is 9.15. The van der Waals surface area contributed by atoms with Crippen molar-refractivity contribution in [3.05, 3.63) is 89.0 Å². The molecule has 0 bridgehead atoms. The molecule has 1 N–H and O–H groups in total. The molecule has 1 fully saturated rings. The summed E-state index contributed by atoms with van der Waals surface area (Å²) in [7, 11) is 3.33. The molecule has 1 saturated heterocycles. The molecule has 0 radical (unpaired) electrons. The number of benzene rings is 3. The second-order valence-electron chi connectivity index (χ2n) is 9.15. The van der Waals surface area contributed by atoms with Crippen LogP contribution in [0.5, 0.6) is 11.5 Å². The van der Waals surface area contributed by atoms with Crippen LogP contribution in [0.15, 0.2) is 66.7 Å². The minimum atomic E-state index is -0.0433. The van der Waals surface area contributed by atoms with Crippen LogP contribution in [0.25, 0.3) is 0 Å². The fraction of sp³-hybridized carbons (Fsp3) is 0.345. The van der Waals surface area contributed by atoms with Crippen LogP contribution in [0.3, 0.4) is 0 Å². The van der Waals surface area contributed by atoms with Crippen LogP contribution in [0.1, 0.15) is 22.3 Å². The van der Waals surface area contributed by atoms with Crippen LogP contribution >= 0.6 is 0 Å². The van der Waals surface area contributed by atoms with Gasteiger partial charge in [-0.25, -0.2) is 0 Å². The minimum Gasteiger partial charge on any atom is -0.497 e. The highest BCUT2D eigenvalue weighted by Gasteiger charge is 2.18. The summed E-state index contributed by atoms with van der Waals surface area (Å²) in [5.74, 6) is 1.53. The van der Waals surface area contributed by atoms with Gasteiger partial charge in [0, 0.05) is 39.3 Å². The van der Waals surface area contributed by atoms with Crippen molar-refractivity contribution in [1.29, 1.82) is 0 Å². The highest BCUT2D eigenvalue weighted by atomic mass is 16.5. The molecule has 3 aromatic rings. The highest BCUT2D eigenvalue weighted by molar-refractivity contribution is 5.93. The molecule has 0 atom stereocenters. The van der Waals surface area contributed by atoms with Crippen LogP contribution in [0.2, 0.25) is 0 Å². The van der Waals surface area contributed by atoms with Crippen molar-refractivity contribution in [2.75, 3.05) is 45.7 Å². The molecule has 0 aliphatic carbocycles. The Kier molecular flexibility index (Phi) is 8.40. The highest BCUT2D eigenvalue weighted by Crippen LogP contribution is 2.27. The molecule has 3 aromatic carbocycles. The first-order valence-corrected chi connectivity index (χ1v) is 12.1. The van der Waals surface area contributed by atoms with E-state index in [-0.39, 0.29) is 5.91 Å². The number of nitrogens with one attached hydrogen (secondary N) is 1. The average Bonchev–Trinajstić information content (AvgIpc) is 2.86. The van der Waals surface area contributed by atoms with Gasteiger partial charge < -0.3 is 14.8 Å². The zero-order valence-corrected chi connectivity index (χ0v) is 20.9. The molecular formula is C29H35N3O3. The van der Waals surface area contributed by atoms with E-state index in [1.165, 1.54) is 11.1 Å². The lowest BCUT2D eigenvalue weighted by Gasteiger charge is -2.34. The van der Waals surface area contributed by atoms with E-state index in [1.807, 2.05) is 55.5 Å². The first kappa shape index (κ1) is 24.8. The Balaban J connectivity index is 1.31. The van der Waals surface area contributed by atoms with Gasteiger partial charge in [-0.3, -0.25) is 14.6 Å². The second kappa shape index (κ2) is 11.9. The maximum absolute atomic E-state index is 12.7. The quantitative estimate of drug-likeness (QED) is 0.496. The summed E-state index contributed by atoms with van der Waals surface area (Å²) in [5.41, 5.74) is 5.35. The van der Waals surface area contributed by atoms with E-state index in [4.69, 9.17) is 9.47 Å². The maximum atomic E-state index is 12.7. The van der Waals surface area contributed by atoms with Gasteiger partial charge in [0.1, 0.15) is 11.5 Å². The summed E-state index contributed by atoms with van der Waals surface area (Å²) >= 11 is 0. The van der Waals surface area contributed by atoms with E-state index < -0.39 is 0 Å². The number of piperazine rings is 1. The molecule has 4 rings (SSSR count). The van der Waals surface area contributed by atoms with Crippen LogP contribution < -0.4 is 14.8 Å². The molecule has 6 nitrogen and oxygen atoms in total. The van der Waals surface area contributed by atoms with Gasteiger partial charge in [-0.1, -0.05) is 48.0 Å². The van der Waals surface area contributed by atoms with Crippen LogP contribution in [-0.2, 0) is 24.3 Å². The van der Waals surface area contributed by atoms with Crippen molar-refractivity contribution >= 4 is 11.6 Å². The van der Waals surface area contributed by atoms with Gasteiger partial charge in [-0.15, -0.1) is 0 Å². The Morgan fingerprint density at radius 1 is 0.800 bits per heavy atom. The number of methoxy groups -OCH3 is 2. The van der Waals surface area contributed by atoms with E-state index in [0.717, 1.165) is 61.8 Å². The molecule has 1 heterocycles. The van der Waals surface area contributed by atoms with E-state index >= 15 is 0 Å². The number of anilines is 1. The Hall–Kier alpha value is -3.35. The lowest BCUT2D eigenvalue weighted by Crippen LogP contribution is -2.45. The molecule has 6 heteroatoms. The number of nitrogens with zero attached hydrogens (tertiary/aromatic N) is 2. The van der Waals surface area contributed by atoms with Crippen LogP contribution in [-0.4, -0.2) is 56.1 Å². The molecule has 1 aliphatic rings. The zero-order chi connectivity index (χ0) is 24.6. The number of rotatable bonds is 9. The molecule has 184 valence electrons. The third-order valence-electron chi connectivity index (χ3n) is 6.42. The molecule has 1 amide bonds. The van der Waals surface area contributed by atoms with Gasteiger partial charge in [0.15, 0.2) is 0 Å². The predicted molar refractivity (Wildman–Crippen MR) is 140 cm³/mol. The molecule has 35 heavy (non-hydrogen) atoms. The fourth-order valence-electron chi connectivity index (χ4n) is 4.51. The number of ether oxygens (including phenoxy) is 2. The van der Waals surface area contributed by atoms with Gasteiger partial charge in [0.25, 0.3) is 0 Å². The Morgan fingerprint density at radius 3 is 2.09 bits per heavy atom. The standard InChI is InChI=1S/C29H35N3O3/c1-22-5-4-6-24(17-22)19-29(33)30-27-18-25(9-12-28(27)35-3)21-32-15-13-31(14-16-32)20-23-7-10-26(34-2)11-8-23/h4-12,17-18H,13-16,19-21H2,1-3H3,(H,30,33). The monoisotopic (exact) mass is 473 g/mol. The molecule has 0 unspecified atom stereocenters. The van der Waals surface area contributed by atoms with Crippen molar-refractivity contribution in [3.63, 3.8) is 0 Å². The predicted octanol–water partition coefficient (Wildman–Crippen LogP) is 4.51. The Labute approximate surface area is 208 Å². The number of amides is 1. The summed E-state index contributed by atoms with van der Waals surface area (Å²) in [6, 6.07) is 22.4. The number of aryl methyl sites for hydroxylation is 1. The lowest BCUT2D eigenvalue weighted by molar-refractivity contribution is -0.115. The van der Waals surface area contributed by atoms with Crippen LogP contribution in [0.4, 0.5) is 5.69 Å². The smallest absolute Gasteiger partial charge is 0.228 e. The SMILES string of the molecule is COc1ccc(CN2CCN(Cc3ccc(OC)c(NC(=O)Cc4cccc(C)c4)c3)CC2)cc1. The Morgan fingerprint density at radius 2 is 1.46 bits per heavy atom. The zero-order valence-electron chi connectivity index (χ0n) is 20.9. The summed E-state index contributed by atoms with van der Waals surface area (Å²) in [6.07, 6.45) is 0.339. The average molecular weight is 474 g/mol. The Bertz CT molecular complexity index is 1120. The summed E-state index contributed by atoms with van der Waals surface area (Å²) in [6.45, 7) is 7.92. The van der Waals surface area contributed by atoms with Crippen molar-refractivity contribution in [2.45, 2.75) is 26.4 Å². The van der Waals surface area contributed by atoms with Crippen molar-refractivity contribution in [2.24, 2.45) is 0 Å². The van der Waals surface area contributed by atoms with Gasteiger partial charge in [-0.2, -0.15) is 0 Å². The summed E-state index contributed by atoms with van der Waals surface area (Å²) in [5, 5.41) is 3.05. The van der Waals surface area contributed by atoms with E-state index in [9.17, 15) is 4.79 Å². The van der Waals surface area contributed by atoms with E-state index in [0.29, 0.717) is 12.2 Å². The minimum absolute atomic E-state index is 0.0433. The van der Waals surface area contributed by atoms with Crippen molar-refractivity contribution in [1.82, 2.24) is 9.80 Å². The molecule has 0 spiro atoms. The number of carbonyl (C=O) groups is 1. The van der Waals surface area contributed by atoms with E-state index in [1.54, 1.807) is 14.2 Å². The van der Waals surface area contributed by atoms with Crippen molar-refractivity contribution < 1.29 is 14.3 Å². The van der Waals surface area contributed by atoms with E-state index in [2.05, 4.69) is 33.3 Å². The van der Waals surface area contributed by atoms with Gasteiger partial charge in [0.2, 0.25) is 5.91 Å². The largest absolute Gasteiger partial charge is 0.497 e. The first-order chi connectivity index (χ1) is 17.0. The molecule has 1 aliphatic heterocycles. The normalized spacial score (nSPS) is 14.5. The maximum Gasteiger partial charge on any atom is 0.228 e. The lowest BCUT2D eigenvalue weighted by atomic mass is 10.1. The first-order valence-electron chi connectivity index (χ1n) is 12.1. The fourth-order valence-corrected chi connectivity index (χ4v) is 4.51. The third-order valence-corrected chi connectivity index (χ3v) is 6.42. The van der Waals surface area contributed by atoms with Gasteiger partial charge >= 0.3 is 0 Å². The third kappa shape index (κ3) is 7.07. The van der Waals surface area contributed by atoms with Crippen LogP contribution in [0, 0.1) is 6.92 Å². The number of hydrogen-bond donors (Lipinski definition) is 1. The summed E-state index contributed by atoms with van der Waals surface area (Å²) in [4.78, 5) is 17.6. The van der Waals surface area contributed by atoms with Gasteiger partial charge in [0.05, 0.1) is 26.3 Å². The van der Waals surface area contributed by atoms with Gasteiger partial charge in [-0.05, 0) is 47.9 Å². The topological polar surface area (TPSA) is 54.0 Å². The molecular weight excluding hydrogens is 438 g/mol. The number of hydrogen-bond acceptors (Lipinski definition) is 5. The summed E-state index contributed by atoms with van der Waals surface area (Å²) < 4.78 is 10.8. The number of carbonyl (C=O) groups excluding carboxylic acids is 1. The van der Waals surface area contributed by atoms with Crippen molar-refractivity contribution in [3.8, 4) is 11.5 Å². The molecule has 0 saturated carbocycles. The molecule has 0 aromatic heterocycles.